The summed E-state index contributed by atoms with van der Waals surface area (Å²) < 4.78 is 1.56. The highest BCUT2D eigenvalue weighted by Gasteiger charge is 2.21. The van der Waals surface area contributed by atoms with Crippen LogP contribution in [0.25, 0.3) is 5.69 Å². The molecule has 1 aromatic heterocycles. The molecule has 1 atom stereocenters. The molecular weight excluding hydrogens is 302 g/mol. The van der Waals surface area contributed by atoms with Gasteiger partial charge < -0.3 is 10.4 Å². The quantitative estimate of drug-likeness (QED) is 0.859. The number of hydrogen-bond acceptors (Lipinski definition) is 3. The van der Waals surface area contributed by atoms with E-state index in [-0.39, 0.29) is 18.4 Å². The van der Waals surface area contributed by atoms with E-state index in [1.54, 1.807) is 11.6 Å². The lowest BCUT2D eigenvalue weighted by molar-refractivity contribution is 0.0945. The van der Waals surface area contributed by atoms with Crippen molar-refractivity contribution in [2.45, 2.75) is 20.3 Å². The first-order valence-electron chi connectivity index (χ1n) is 7.24. The summed E-state index contributed by atoms with van der Waals surface area (Å²) in [5.41, 5.74) is 1.78. The normalized spacial score (nSPS) is 12.2. The van der Waals surface area contributed by atoms with Gasteiger partial charge in [-0.05, 0) is 31.4 Å². The highest BCUT2D eigenvalue weighted by molar-refractivity contribution is 6.33. The molecular formula is C16H20ClN3O2. The van der Waals surface area contributed by atoms with Crippen molar-refractivity contribution in [2.75, 3.05) is 13.2 Å². The lowest BCUT2D eigenvalue weighted by Gasteiger charge is -2.11. The molecule has 1 unspecified atom stereocenters. The molecule has 1 amide bonds. The Bertz CT molecular complexity index is 640. The Morgan fingerprint density at radius 2 is 2.09 bits per heavy atom. The maximum Gasteiger partial charge on any atom is 0.256 e. The molecule has 2 aromatic rings. The first-order valence-corrected chi connectivity index (χ1v) is 7.62. The number of carbonyl (C=O) groups is 1. The van der Waals surface area contributed by atoms with Crippen molar-refractivity contribution < 1.29 is 9.90 Å². The Morgan fingerprint density at radius 1 is 1.41 bits per heavy atom. The van der Waals surface area contributed by atoms with E-state index in [1.165, 1.54) is 0 Å². The summed E-state index contributed by atoms with van der Waals surface area (Å²) in [5, 5.41) is 16.4. The van der Waals surface area contributed by atoms with Crippen LogP contribution in [0.1, 0.15) is 29.4 Å². The zero-order chi connectivity index (χ0) is 16.1. The van der Waals surface area contributed by atoms with E-state index < -0.39 is 0 Å². The number of aromatic nitrogens is 2. The second-order valence-corrected chi connectivity index (χ2v) is 5.68. The average Bonchev–Trinajstić information content (AvgIpc) is 2.81. The zero-order valence-corrected chi connectivity index (χ0v) is 13.5. The van der Waals surface area contributed by atoms with Crippen LogP contribution in [0.3, 0.4) is 0 Å². The largest absolute Gasteiger partial charge is 0.396 e. The molecule has 0 saturated carbocycles. The third-order valence-corrected chi connectivity index (χ3v) is 3.81. The summed E-state index contributed by atoms with van der Waals surface area (Å²) in [6.07, 6.45) is 0.649. The molecule has 0 aliphatic carbocycles. The number of rotatable bonds is 6. The molecule has 0 aliphatic rings. The van der Waals surface area contributed by atoms with Gasteiger partial charge in [0.2, 0.25) is 0 Å². The molecule has 1 heterocycles. The fraction of sp³-hybridized carbons (Fsp3) is 0.375. The second kappa shape index (κ2) is 7.42. The summed E-state index contributed by atoms with van der Waals surface area (Å²) >= 11 is 6.34. The molecule has 1 aromatic carbocycles. The first-order chi connectivity index (χ1) is 10.5. The smallest absolute Gasteiger partial charge is 0.256 e. The van der Waals surface area contributed by atoms with E-state index >= 15 is 0 Å². The van der Waals surface area contributed by atoms with Gasteiger partial charge in [-0.25, -0.2) is 4.68 Å². The van der Waals surface area contributed by atoms with Gasteiger partial charge in [0.25, 0.3) is 5.91 Å². The summed E-state index contributed by atoms with van der Waals surface area (Å²) in [6, 6.07) is 9.44. The number of nitrogens with one attached hydrogen (secondary N) is 1. The molecule has 0 radical (unpaired) electrons. The van der Waals surface area contributed by atoms with Gasteiger partial charge in [0.1, 0.15) is 5.15 Å². The summed E-state index contributed by atoms with van der Waals surface area (Å²) in [6.45, 7) is 4.34. The molecule has 0 fully saturated rings. The number of carbonyl (C=O) groups excluding carboxylic acids is 1. The number of hydrogen-bond donors (Lipinski definition) is 2. The molecule has 0 aliphatic heterocycles. The van der Waals surface area contributed by atoms with Gasteiger partial charge in [0.15, 0.2) is 0 Å². The molecule has 6 heteroatoms. The van der Waals surface area contributed by atoms with Gasteiger partial charge >= 0.3 is 0 Å². The van der Waals surface area contributed by atoms with Crippen molar-refractivity contribution in [3.05, 3.63) is 46.7 Å². The SMILES string of the molecule is Cc1nn(-c2ccccc2)c(Cl)c1C(=O)NCC(C)CCO. The number of aliphatic hydroxyl groups excluding tert-OH is 1. The van der Waals surface area contributed by atoms with Gasteiger partial charge in [0, 0.05) is 13.2 Å². The fourth-order valence-electron chi connectivity index (χ4n) is 2.18. The molecule has 118 valence electrons. The Labute approximate surface area is 134 Å². The third kappa shape index (κ3) is 3.67. The topological polar surface area (TPSA) is 67.2 Å². The number of nitrogens with zero attached hydrogens (tertiary/aromatic N) is 2. The van der Waals surface area contributed by atoms with Crippen LogP contribution in [0.5, 0.6) is 0 Å². The van der Waals surface area contributed by atoms with E-state index in [2.05, 4.69) is 10.4 Å². The van der Waals surface area contributed by atoms with Crippen LogP contribution in [0, 0.1) is 12.8 Å². The minimum atomic E-state index is -0.241. The van der Waals surface area contributed by atoms with Crippen LogP contribution in [0.4, 0.5) is 0 Å². The number of para-hydroxylation sites is 1. The van der Waals surface area contributed by atoms with Crippen molar-refractivity contribution in [1.82, 2.24) is 15.1 Å². The van der Waals surface area contributed by atoms with Crippen molar-refractivity contribution in [1.29, 1.82) is 0 Å². The van der Waals surface area contributed by atoms with E-state index in [0.29, 0.717) is 29.4 Å². The van der Waals surface area contributed by atoms with E-state index in [4.69, 9.17) is 16.7 Å². The predicted octanol–water partition coefficient (Wildman–Crippen LogP) is 2.58. The molecule has 0 saturated heterocycles. The minimum Gasteiger partial charge on any atom is -0.396 e. The third-order valence-electron chi connectivity index (χ3n) is 3.46. The van der Waals surface area contributed by atoms with Crippen LogP contribution in [-0.4, -0.2) is 33.9 Å². The number of aliphatic hydroxyl groups is 1. The van der Waals surface area contributed by atoms with Crippen LogP contribution in [-0.2, 0) is 0 Å². The van der Waals surface area contributed by atoms with E-state index in [9.17, 15) is 4.79 Å². The maximum atomic E-state index is 12.3. The summed E-state index contributed by atoms with van der Waals surface area (Å²) in [4.78, 5) is 12.3. The van der Waals surface area contributed by atoms with Crippen LogP contribution in [0.2, 0.25) is 5.15 Å². The highest BCUT2D eigenvalue weighted by atomic mass is 35.5. The maximum absolute atomic E-state index is 12.3. The second-order valence-electron chi connectivity index (χ2n) is 5.33. The van der Waals surface area contributed by atoms with Gasteiger partial charge in [-0.2, -0.15) is 5.10 Å². The van der Waals surface area contributed by atoms with E-state index in [1.807, 2.05) is 37.3 Å². The van der Waals surface area contributed by atoms with Gasteiger partial charge in [-0.15, -0.1) is 0 Å². The van der Waals surface area contributed by atoms with Crippen LogP contribution in [0.15, 0.2) is 30.3 Å². The van der Waals surface area contributed by atoms with Crippen molar-refractivity contribution in [3.8, 4) is 5.69 Å². The van der Waals surface area contributed by atoms with Crippen molar-refractivity contribution in [2.24, 2.45) is 5.92 Å². The summed E-state index contributed by atoms with van der Waals surface area (Å²) in [7, 11) is 0. The Balaban J connectivity index is 2.18. The van der Waals surface area contributed by atoms with Gasteiger partial charge in [0.05, 0.1) is 16.9 Å². The highest BCUT2D eigenvalue weighted by Crippen LogP contribution is 2.23. The molecule has 2 N–H and O–H groups in total. The van der Waals surface area contributed by atoms with Crippen molar-refractivity contribution >= 4 is 17.5 Å². The van der Waals surface area contributed by atoms with Crippen LogP contribution < -0.4 is 5.32 Å². The average molecular weight is 322 g/mol. The van der Waals surface area contributed by atoms with E-state index in [0.717, 1.165) is 5.69 Å². The van der Waals surface area contributed by atoms with Crippen molar-refractivity contribution in [3.63, 3.8) is 0 Å². The number of halogens is 1. The fourth-order valence-corrected chi connectivity index (χ4v) is 2.53. The number of benzene rings is 1. The van der Waals surface area contributed by atoms with Crippen LogP contribution >= 0.6 is 11.6 Å². The van der Waals surface area contributed by atoms with Gasteiger partial charge in [-0.3, -0.25) is 4.79 Å². The number of aryl methyl sites for hydroxylation is 1. The lowest BCUT2D eigenvalue weighted by atomic mass is 10.1. The monoisotopic (exact) mass is 321 g/mol. The first kappa shape index (κ1) is 16.5. The Kier molecular flexibility index (Phi) is 5.57. The summed E-state index contributed by atoms with van der Waals surface area (Å²) in [5.74, 6) is -0.0355. The zero-order valence-electron chi connectivity index (χ0n) is 12.7. The molecule has 5 nitrogen and oxygen atoms in total. The molecule has 0 spiro atoms. The number of amides is 1. The predicted molar refractivity (Wildman–Crippen MR) is 86.5 cm³/mol. The Hall–Kier alpha value is -1.85. The molecule has 0 bridgehead atoms. The standard InChI is InChI=1S/C16H20ClN3O2/c1-11(8-9-21)10-18-16(22)14-12(2)19-20(15(14)17)13-6-4-3-5-7-13/h3-7,11,21H,8-10H2,1-2H3,(H,18,22). The minimum absolute atomic E-state index is 0.114. The van der Waals surface area contributed by atoms with Gasteiger partial charge in [-0.1, -0.05) is 36.7 Å². The molecule has 22 heavy (non-hydrogen) atoms. The lowest BCUT2D eigenvalue weighted by Crippen LogP contribution is -2.29. The molecule has 2 rings (SSSR count). The Morgan fingerprint density at radius 3 is 2.73 bits per heavy atom.